The van der Waals surface area contributed by atoms with Crippen LogP contribution in [0.1, 0.15) is 44.3 Å². The van der Waals surface area contributed by atoms with Gasteiger partial charge < -0.3 is 5.11 Å². The number of aliphatic hydroxyl groups excluding tert-OH is 1. The molecule has 4 heteroatoms. The van der Waals surface area contributed by atoms with E-state index in [4.69, 9.17) is 4.98 Å². The highest BCUT2D eigenvalue weighted by Crippen LogP contribution is 2.26. The zero-order chi connectivity index (χ0) is 12.5. The minimum absolute atomic E-state index is 0.135. The number of aliphatic hydroxyl groups is 1. The number of likely N-dealkylation sites (tertiary alicyclic amines) is 1. The molecule has 17 heavy (non-hydrogen) atoms. The molecule has 1 aromatic rings. The summed E-state index contributed by atoms with van der Waals surface area (Å²) in [5.74, 6) is 0. The largest absolute Gasteiger partial charge is 0.395 e. The molecule has 2 heterocycles. The van der Waals surface area contributed by atoms with Gasteiger partial charge in [-0.1, -0.05) is 20.8 Å². The second-order valence-electron chi connectivity index (χ2n) is 5.83. The molecule has 0 amide bonds. The molecule has 1 fully saturated rings. The fourth-order valence-electron chi connectivity index (χ4n) is 2.21. The molecule has 0 bridgehead atoms. The summed E-state index contributed by atoms with van der Waals surface area (Å²) < 4.78 is 0. The Morgan fingerprint density at radius 3 is 2.88 bits per heavy atom. The van der Waals surface area contributed by atoms with Gasteiger partial charge in [0.15, 0.2) is 0 Å². The van der Waals surface area contributed by atoms with Crippen molar-refractivity contribution in [2.45, 2.75) is 51.6 Å². The maximum absolute atomic E-state index is 9.29. The Morgan fingerprint density at radius 1 is 1.53 bits per heavy atom. The predicted molar refractivity (Wildman–Crippen MR) is 71.3 cm³/mol. The standard InChI is InChI=1S/C13H22N2OS/c1-13(2,3)11-9-17-12(14-11)7-15-6-4-5-10(15)8-16/h9-10,16H,4-8H2,1-3H3. The number of hydrogen-bond acceptors (Lipinski definition) is 4. The van der Waals surface area contributed by atoms with Crippen LogP contribution in [0.4, 0.5) is 0 Å². The van der Waals surface area contributed by atoms with E-state index < -0.39 is 0 Å². The lowest BCUT2D eigenvalue weighted by Crippen LogP contribution is -2.31. The highest BCUT2D eigenvalue weighted by molar-refractivity contribution is 7.09. The molecule has 1 aliphatic heterocycles. The van der Waals surface area contributed by atoms with Crippen LogP contribution in [-0.4, -0.2) is 34.2 Å². The maximum Gasteiger partial charge on any atom is 0.107 e. The number of hydrogen-bond donors (Lipinski definition) is 1. The van der Waals surface area contributed by atoms with E-state index in [2.05, 4.69) is 31.1 Å². The topological polar surface area (TPSA) is 36.4 Å². The van der Waals surface area contributed by atoms with Gasteiger partial charge in [-0.2, -0.15) is 0 Å². The van der Waals surface area contributed by atoms with E-state index >= 15 is 0 Å². The fourth-order valence-corrected chi connectivity index (χ4v) is 3.26. The summed E-state index contributed by atoms with van der Waals surface area (Å²) >= 11 is 1.74. The number of aromatic nitrogens is 1. The molecule has 0 aromatic carbocycles. The first kappa shape index (κ1) is 13.0. The Bertz CT molecular complexity index is 370. The summed E-state index contributed by atoms with van der Waals surface area (Å²) in [6, 6.07) is 0.344. The van der Waals surface area contributed by atoms with Gasteiger partial charge in [0.2, 0.25) is 0 Å². The molecule has 2 rings (SSSR count). The van der Waals surface area contributed by atoms with E-state index in [0.717, 1.165) is 19.5 Å². The molecule has 0 aliphatic carbocycles. The normalized spacial score (nSPS) is 22.2. The van der Waals surface area contributed by atoms with Gasteiger partial charge in [-0.15, -0.1) is 11.3 Å². The quantitative estimate of drug-likeness (QED) is 0.900. The van der Waals surface area contributed by atoms with Gasteiger partial charge in [-0.3, -0.25) is 4.90 Å². The summed E-state index contributed by atoms with van der Waals surface area (Å²) in [5.41, 5.74) is 1.31. The monoisotopic (exact) mass is 254 g/mol. The molecule has 3 nitrogen and oxygen atoms in total. The van der Waals surface area contributed by atoms with Crippen molar-refractivity contribution in [1.82, 2.24) is 9.88 Å². The summed E-state index contributed by atoms with van der Waals surface area (Å²) in [6.07, 6.45) is 2.32. The molecule has 1 aromatic heterocycles. The van der Waals surface area contributed by atoms with Gasteiger partial charge in [0.25, 0.3) is 0 Å². The summed E-state index contributed by atoms with van der Waals surface area (Å²) in [5, 5.41) is 12.6. The third-order valence-corrected chi connectivity index (χ3v) is 4.20. The van der Waals surface area contributed by atoms with Crippen LogP contribution < -0.4 is 0 Å². The molecular weight excluding hydrogens is 232 g/mol. The van der Waals surface area contributed by atoms with Gasteiger partial charge >= 0.3 is 0 Å². The Labute approximate surface area is 107 Å². The molecule has 0 spiro atoms. The zero-order valence-corrected chi connectivity index (χ0v) is 11.8. The Hall–Kier alpha value is -0.450. The van der Waals surface area contributed by atoms with E-state index in [9.17, 15) is 5.11 Å². The Balaban J connectivity index is 2.02. The van der Waals surface area contributed by atoms with Crippen LogP contribution in [0, 0.1) is 0 Å². The first-order valence-electron chi connectivity index (χ1n) is 6.30. The average molecular weight is 254 g/mol. The second-order valence-corrected chi connectivity index (χ2v) is 6.77. The fraction of sp³-hybridized carbons (Fsp3) is 0.769. The van der Waals surface area contributed by atoms with E-state index in [1.165, 1.54) is 17.1 Å². The molecule has 96 valence electrons. The molecule has 0 radical (unpaired) electrons. The Kier molecular flexibility index (Phi) is 3.85. The number of rotatable bonds is 3. The van der Waals surface area contributed by atoms with Gasteiger partial charge in [0.1, 0.15) is 5.01 Å². The van der Waals surface area contributed by atoms with Crippen molar-refractivity contribution in [2.24, 2.45) is 0 Å². The van der Waals surface area contributed by atoms with Gasteiger partial charge in [0, 0.05) is 16.8 Å². The molecule has 0 saturated carbocycles. The first-order chi connectivity index (χ1) is 8.00. The van der Waals surface area contributed by atoms with Crippen molar-refractivity contribution in [3.05, 3.63) is 16.1 Å². The van der Waals surface area contributed by atoms with Crippen molar-refractivity contribution in [3.63, 3.8) is 0 Å². The highest BCUT2D eigenvalue weighted by Gasteiger charge is 2.25. The second kappa shape index (κ2) is 5.04. The molecule has 1 unspecified atom stereocenters. The van der Waals surface area contributed by atoms with Crippen LogP contribution in [0.25, 0.3) is 0 Å². The lowest BCUT2D eigenvalue weighted by Gasteiger charge is -2.21. The van der Waals surface area contributed by atoms with Crippen molar-refractivity contribution in [1.29, 1.82) is 0 Å². The summed E-state index contributed by atoms with van der Waals surface area (Å²) in [7, 11) is 0. The van der Waals surface area contributed by atoms with Crippen LogP contribution in [0.2, 0.25) is 0 Å². The first-order valence-corrected chi connectivity index (χ1v) is 7.18. The zero-order valence-electron chi connectivity index (χ0n) is 10.9. The number of nitrogens with zero attached hydrogens (tertiary/aromatic N) is 2. The van der Waals surface area contributed by atoms with Crippen molar-refractivity contribution < 1.29 is 5.11 Å². The van der Waals surface area contributed by atoms with Gasteiger partial charge in [-0.05, 0) is 19.4 Å². The number of thiazole rings is 1. The average Bonchev–Trinajstić information content (AvgIpc) is 2.86. The molecule has 1 saturated heterocycles. The summed E-state index contributed by atoms with van der Waals surface area (Å²) in [6.45, 7) is 8.84. The van der Waals surface area contributed by atoms with Gasteiger partial charge in [-0.25, -0.2) is 4.98 Å². The lowest BCUT2D eigenvalue weighted by atomic mass is 9.93. The van der Waals surface area contributed by atoms with E-state index in [0.29, 0.717) is 6.04 Å². The minimum Gasteiger partial charge on any atom is -0.395 e. The third-order valence-electron chi connectivity index (χ3n) is 3.37. The van der Waals surface area contributed by atoms with E-state index in [-0.39, 0.29) is 12.0 Å². The summed E-state index contributed by atoms with van der Waals surface area (Å²) in [4.78, 5) is 7.06. The predicted octanol–water partition coefficient (Wildman–Crippen LogP) is 2.40. The van der Waals surface area contributed by atoms with Gasteiger partial charge in [0.05, 0.1) is 18.8 Å². The highest BCUT2D eigenvalue weighted by atomic mass is 32.1. The van der Waals surface area contributed by atoms with Crippen LogP contribution in [-0.2, 0) is 12.0 Å². The molecule has 1 atom stereocenters. The van der Waals surface area contributed by atoms with Crippen LogP contribution in [0.3, 0.4) is 0 Å². The van der Waals surface area contributed by atoms with E-state index in [1.54, 1.807) is 11.3 Å². The van der Waals surface area contributed by atoms with Crippen molar-refractivity contribution >= 4 is 11.3 Å². The molecule has 1 N–H and O–H groups in total. The smallest absolute Gasteiger partial charge is 0.107 e. The molecule has 1 aliphatic rings. The Morgan fingerprint density at radius 2 is 2.29 bits per heavy atom. The van der Waals surface area contributed by atoms with Crippen molar-refractivity contribution in [2.75, 3.05) is 13.2 Å². The molecular formula is C13H22N2OS. The SMILES string of the molecule is CC(C)(C)c1csc(CN2CCCC2CO)n1. The van der Waals surface area contributed by atoms with Crippen LogP contribution >= 0.6 is 11.3 Å². The minimum atomic E-state index is 0.135. The van der Waals surface area contributed by atoms with Crippen molar-refractivity contribution in [3.8, 4) is 0 Å². The van der Waals surface area contributed by atoms with Crippen LogP contribution in [0.15, 0.2) is 5.38 Å². The lowest BCUT2D eigenvalue weighted by molar-refractivity contribution is 0.153. The van der Waals surface area contributed by atoms with E-state index in [1.807, 2.05) is 0 Å². The maximum atomic E-state index is 9.29. The van der Waals surface area contributed by atoms with Crippen LogP contribution in [0.5, 0.6) is 0 Å². The third kappa shape index (κ3) is 3.06.